The van der Waals surface area contributed by atoms with Gasteiger partial charge in [0.05, 0.1) is 31.3 Å². The van der Waals surface area contributed by atoms with E-state index in [0.29, 0.717) is 12.8 Å². The smallest absolute Gasteiger partial charge is 0.222 e. The lowest BCUT2D eigenvalue weighted by Crippen LogP contribution is -2.46. The maximum atomic E-state index is 12.5. The molecule has 0 aromatic carbocycles. The van der Waals surface area contributed by atoms with Gasteiger partial charge in [0, 0.05) is 0 Å². The fourth-order valence-corrected chi connectivity index (χ4v) is 9.00. The van der Waals surface area contributed by atoms with Crippen molar-refractivity contribution in [3.05, 3.63) is 0 Å². The Morgan fingerprint density at radius 3 is 0.814 bits per heavy atom. The number of amides is 1. The van der Waals surface area contributed by atoms with Gasteiger partial charge in [0.15, 0.2) is 0 Å². The molecule has 0 heterocycles. The molecule has 59 heavy (non-hydrogen) atoms. The molecular formula is C54H109NO4. The zero-order chi connectivity index (χ0) is 43.0. The number of carbonyl (C=O) groups excluding carboxylic acids is 1. The first-order valence-electron chi connectivity index (χ1n) is 27.3. The SMILES string of the molecule is CCCCCCCCCCCCCCCCCCCCCCCCCCC(O)C(CO)NC(=O)CC(O)CCCCCCCCCCCCCCCCCCCCCC. The molecule has 0 aliphatic heterocycles. The maximum Gasteiger partial charge on any atom is 0.222 e. The highest BCUT2D eigenvalue weighted by Gasteiger charge is 2.21. The maximum absolute atomic E-state index is 12.5. The average molecular weight is 836 g/mol. The van der Waals surface area contributed by atoms with Crippen molar-refractivity contribution in [2.75, 3.05) is 6.61 Å². The number of aliphatic hydroxyl groups is 3. The third kappa shape index (κ3) is 46.7. The van der Waals surface area contributed by atoms with E-state index in [2.05, 4.69) is 19.2 Å². The summed E-state index contributed by atoms with van der Waals surface area (Å²) in [5.41, 5.74) is 0. The third-order valence-corrected chi connectivity index (χ3v) is 13.2. The number of hydrogen-bond acceptors (Lipinski definition) is 4. The number of rotatable bonds is 51. The lowest BCUT2D eigenvalue weighted by molar-refractivity contribution is -0.125. The fourth-order valence-electron chi connectivity index (χ4n) is 9.00. The van der Waals surface area contributed by atoms with Crippen molar-refractivity contribution in [2.24, 2.45) is 0 Å². The van der Waals surface area contributed by atoms with Crippen molar-refractivity contribution < 1.29 is 20.1 Å². The molecule has 0 aromatic rings. The minimum Gasteiger partial charge on any atom is -0.394 e. The summed E-state index contributed by atoms with van der Waals surface area (Å²) < 4.78 is 0. The first-order valence-corrected chi connectivity index (χ1v) is 27.3. The summed E-state index contributed by atoms with van der Waals surface area (Å²) in [6.45, 7) is 4.31. The quantitative estimate of drug-likeness (QED) is 0.0460. The van der Waals surface area contributed by atoms with Crippen LogP contribution in [-0.2, 0) is 4.79 Å². The summed E-state index contributed by atoms with van der Waals surface area (Å²) in [5.74, 6) is -0.275. The Balaban J connectivity index is 3.50. The van der Waals surface area contributed by atoms with Crippen molar-refractivity contribution in [1.82, 2.24) is 5.32 Å². The first-order chi connectivity index (χ1) is 29.0. The zero-order valence-electron chi connectivity index (χ0n) is 40.4. The van der Waals surface area contributed by atoms with E-state index in [-0.39, 0.29) is 18.9 Å². The first kappa shape index (κ1) is 58.4. The molecule has 5 heteroatoms. The van der Waals surface area contributed by atoms with Crippen molar-refractivity contribution >= 4 is 5.91 Å². The van der Waals surface area contributed by atoms with Gasteiger partial charge in [-0.2, -0.15) is 0 Å². The molecule has 354 valence electrons. The lowest BCUT2D eigenvalue weighted by atomic mass is 10.0. The molecule has 3 atom stereocenters. The van der Waals surface area contributed by atoms with E-state index in [1.807, 2.05) is 0 Å². The number of aliphatic hydroxyl groups excluding tert-OH is 3. The van der Waals surface area contributed by atoms with Crippen LogP contribution < -0.4 is 5.32 Å². The summed E-state index contributed by atoms with van der Waals surface area (Å²) in [7, 11) is 0. The topological polar surface area (TPSA) is 89.8 Å². The van der Waals surface area contributed by atoms with Gasteiger partial charge in [-0.25, -0.2) is 0 Å². The monoisotopic (exact) mass is 836 g/mol. The van der Waals surface area contributed by atoms with Gasteiger partial charge in [0.25, 0.3) is 0 Å². The predicted molar refractivity (Wildman–Crippen MR) is 259 cm³/mol. The molecule has 3 unspecified atom stereocenters. The number of unbranched alkanes of at least 4 members (excludes halogenated alkanes) is 42. The molecule has 0 radical (unpaired) electrons. The highest BCUT2D eigenvalue weighted by Crippen LogP contribution is 2.18. The summed E-state index contributed by atoms with van der Waals surface area (Å²) in [6.07, 6.45) is 59.6. The Labute approximate surface area is 370 Å². The van der Waals surface area contributed by atoms with E-state index in [1.165, 1.54) is 257 Å². The minimum absolute atomic E-state index is 0.0435. The van der Waals surface area contributed by atoms with Crippen molar-refractivity contribution in [2.45, 2.75) is 334 Å². The van der Waals surface area contributed by atoms with Crippen LogP contribution >= 0.6 is 0 Å². The highest BCUT2D eigenvalue weighted by molar-refractivity contribution is 5.76. The van der Waals surface area contributed by atoms with Gasteiger partial charge in [-0.05, 0) is 12.8 Å². The molecule has 5 nitrogen and oxygen atoms in total. The Bertz CT molecular complexity index is 792. The van der Waals surface area contributed by atoms with Crippen LogP contribution in [0, 0.1) is 0 Å². The van der Waals surface area contributed by atoms with Gasteiger partial charge in [-0.3, -0.25) is 4.79 Å². The average Bonchev–Trinajstić information content (AvgIpc) is 3.23. The molecule has 4 N–H and O–H groups in total. The molecule has 0 saturated carbocycles. The molecule has 0 aliphatic rings. The molecule has 0 aromatic heterocycles. The largest absolute Gasteiger partial charge is 0.394 e. The Kier molecular flexibility index (Phi) is 49.4. The van der Waals surface area contributed by atoms with Crippen LogP contribution in [0.4, 0.5) is 0 Å². The van der Waals surface area contributed by atoms with Gasteiger partial charge >= 0.3 is 0 Å². The summed E-state index contributed by atoms with van der Waals surface area (Å²) in [5, 5.41) is 33.6. The highest BCUT2D eigenvalue weighted by atomic mass is 16.3. The van der Waals surface area contributed by atoms with E-state index >= 15 is 0 Å². The van der Waals surface area contributed by atoms with Gasteiger partial charge in [-0.1, -0.05) is 296 Å². The van der Waals surface area contributed by atoms with Crippen LogP contribution in [-0.4, -0.2) is 46.1 Å². The molecule has 0 spiro atoms. The summed E-state index contributed by atoms with van der Waals surface area (Å²) in [4.78, 5) is 12.5. The molecular weight excluding hydrogens is 727 g/mol. The van der Waals surface area contributed by atoms with Crippen LogP contribution in [0.25, 0.3) is 0 Å². The second-order valence-electron chi connectivity index (χ2n) is 19.2. The summed E-state index contributed by atoms with van der Waals surface area (Å²) in [6, 6.07) is -0.654. The van der Waals surface area contributed by atoms with Crippen LogP contribution in [0.5, 0.6) is 0 Å². The predicted octanol–water partition coefficient (Wildman–Crippen LogP) is 16.6. The van der Waals surface area contributed by atoms with Crippen molar-refractivity contribution in [1.29, 1.82) is 0 Å². The molecule has 1 amide bonds. The van der Waals surface area contributed by atoms with Crippen LogP contribution in [0.2, 0.25) is 0 Å². The zero-order valence-corrected chi connectivity index (χ0v) is 40.4. The Morgan fingerprint density at radius 2 is 0.576 bits per heavy atom. The van der Waals surface area contributed by atoms with E-state index in [9.17, 15) is 20.1 Å². The molecule has 0 fully saturated rings. The van der Waals surface area contributed by atoms with Gasteiger partial charge in [-0.15, -0.1) is 0 Å². The van der Waals surface area contributed by atoms with Gasteiger partial charge < -0.3 is 20.6 Å². The number of nitrogens with one attached hydrogen (secondary N) is 1. The van der Waals surface area contributed by atoms with Gasteiger partial charge in [0.1, 0.15) is 0 Å². The molecule has 0 bridgehead atoms. The van der Waals surface area contributed by atoms with E-state index in [0.717, 1.165) is 25.7 Å². The van der Waals surface area contributed by atoms with Crippen LogP contribution in [0.1, 0.15) is 316 Å². The Morgan fingerprint density at radius 1 is 0.356 bits per heavy atom. The number of carbonyl (C=O) groups is 1. The van der Waals surface area contributed by atoms with Crippen LogP contribution in [0.15, 0.2) is 0 Å². The summed E-state index contributed by atoms with van der Waals surface area (Å²) >= 11 is 0. The van der Waals surface area contributed by atoms with Crippen LogP contribution in [0.3, 0.4) is 0 Å². The van der Waals surface area contributed by atoms with E-state index in [4.69, 9.17) is 0 Å². The minimum atomic E-state index is -0.745. The van der Waals surface area contributed by atoms with Crippen molar-refractivity contribution in [3.8, 4) is 0 Å². The fraction of sp³-hybridized carbons (Fsp3) is 0.981. The standard InChI is InChI=1S/C54H109NO4/c1-3-5-7-9-11-13-15-17-19-21-23-25-26-27-28-30-32-34-36-38-40-42-44-46-48-53(58)52(50-56)55-54(59)49-51(57)47-45-43-41-39-37-35-33-31-29-24-22-20-18-16-14-12-10-8-6-4-2/h51-53,56-58H,3-50H2,1-2H3,(H,55,59). The second-order valence-corrected chi connectivity index (χ2v) is 19.2. The second kappa shape index (κ2) is 50.0. The molecule has 0 aliphatic carbocycles. The van der Waals surface area contributed by atoms with E-state index in [1.54, 1.807) is 0 Å². The third-order valence-electron chi connectivity index (χ3n) is 13.2. The van der Waals surface area contributed by atoms with E-state index < -0.39 is 18.2 Å². The molecule has 0 rings (SSSR count). The Hall–Kier alpha value is -0.650. The lowest BCUT2D eigenvalue weighted by Gasteiger charge is -2.23. The number of hydrogen-bond donors (Lipinski definition) is 4. The van der Waals surface area contributed by atoms with Gasteiger partial charge in [0.2, 0.25) is 5.91 Å². The van der Waals surface area contributed by atoms with Crippen molar-refractivity contribution in [3.63, 3.8) is 0 Å². The molecule has 0 saturated heterocycles. The normalized spacial score (nSPS) is 13.2.